The Kier molecular flexibility index (Phi) is 4.26. The molecule has 2 aromatic carbocycles. The molecule has 0 radical (unpaired) electrons. The van der Waals surface area contributed by atoms with E-state index in [1.165, 1.54) is 11.1 Å². The number of hydrogen-bond acceptors (Lipinski definition) is 2. The SMILES string of the molecule is C[C@H]1[C@@H](OCc2ccccc2)[C@@H](c2ccccc2)[C@H]2C=C[C@@H]1N2C. The largest absolute Gasteiger partial charge is 0.372 e. The maximum atomic E-state index is 6.51. The number of fused-ring (bicyclic) bond motifs is 2. The predicted molar refractivity (Wildman–Crippen MR) is 97.8 cm³/mol. The average Bonchev–Trinajstić information content (AvgIpc) is 2.93. The Bertz CT molecular complexity index is 696. The number of hydrogen-bond donors (Lipinski definition) is 0. The van der Waals surface area contributed by atoms with Gasteiger partial charge >= 0.3 is 0 Å². The first kappa shape index (κ1) is 15.6. The second kappa shape index (κ2) is 6.54. The lowest BCUT2D eigenvalue weighted by Gasteiger charge is -2.47. The van der Waals surface area contributed by atoms with Crippen LogP contribution in [-0.4, -0.2) is 30.1 Å². The predicted octanol–water partition coefficient (Wildman–Crippen LogP) is 4.24. The normalized spacial score (nSPS) is 32.2. The smallest absolute Gasteiger partial charge is 0.0721 e. The van der Waals surface area contributed by atoms with Crippen molar-refractivity contribution >= 4 is 0 Å². The molecule has 0 amide bonds. The van der Waals surface area contributed by atoms with Gasteiger partial charge in [0.1, 0.15) is 0 Å². The topological polar surface area (TPSA) is 12.5 Å². The van der Waals surface area contributed by atoms with Crippen LogP contribution in [-0.2, 0) is 11.3 Å². The van der Waals surface area contributed by atoms with Crippen molar-refractivity contribution in [1.82, 2.24) is 4.90 Å². The van der Waals surface area contributed by atoms with Gasteiger partial charge in [-0.25, -0.2) is 0 Å². The van der Waals surface area contributed by atoms with Crippen molar-refractivity contribution in [3.8, 4) is 0 Å². The highest BCUT2D eigenvalue weighted by Crippen LogP contribution is 2.44. The molecule has 1 fully saturated rings. The zero-order valence-corrected chi connectivity index (χ0v) is 14.4. The van der Waals surface area contributed by atoms with Crippen molar-refractivity contribution in [2.75, 3.05) is 7.05 Å². The molecule has 2 heterocycles. The van der Waals surface area contributed by atoms with E-state index < -0.39 is 0 Å². The molecule has 2 heteroatoms. The third kappa shape index (κ3) is 2.70. The van der Waals surface area contributed by atoms with Crippen LogP contribution < -0.4 is 0 Å². The molecule has 2 aliphatic heterocycles. The Balaban J connectivity index is 1.62. The van der Waals surface area contributed by atoms with Gasteiger partial charge in [0.15, 0.2) is 0 Å². The van der Waals surface area contributed by atoms with Crippen molar-refractivity contribution in [2.24, 2.45) is 5.92 Å². The Hall–Kier alpha value is -1.90. The molecule has 0 spiro atoms. The van der Waals surface area contributed by atoms with Crippen LogP contribution >= 0.6 is 0 Å². The first-order valence-electron chi connectivity index (χ1n) is 8.86. The van der Waals surface area contributed by atoms with Crippen molar-refractivity contribution < 1.29 is 4.74 Å². The molecular formula is C22H25NO. The number of piperidine rings is 1. The molecule has 2 aromatic rings. The summed E-state index contributed by atoms with van der Waals surface area (Å²) in [7, 11) is 2.25. The van der Waals surface area contributed by atoms with Crippen LogP contribution in [0.25, 0.3) is 0 Å². The Morgan fingerprint density at radius 3 is 2.21 bits per heavy atom. The molecule has 0 N–H and O–H groups in total. The molecule has 0 aromatic heterocycles. The summed E-state index contributed by atoms with van der Waals surface area (Å²) in [5.41, 5.74) is 2.63. The summed E-state index contributed by atoms with van der Waals surface area (Å²) in [4.78, 5) is 2.50. The van der Waals surface area contributed by atoms with Gasteiger partial charge in [-0.05, 0) is 18.2 Å². The number of likely N-dealkylation sites (N-methyl/N-ethyl adjacent to an activating group) is 1. The molecule has 0 unspecified atom stereocenters. The van der Waals surface area contributed by atoms with Crippen LogP contribution in [0, 0.1) is 5.92 Å². The molecule has 2 aliphatic rings. The number of benzene rings is 2. The van der Waals surface area contributed by atoms with Gasteiger partial charge in [0, 0.05) is 23.9 Å². The fraction of sp³-hybridized carbons (Fsp3) is 0.364. The van der Waals surface area contributed by atoms with E-state index in [2.05, 4.69) is 91.7 Å². The van der Waals surface area contributed by atoms with Crippen LogP contribution in [0.4, 0.5) is 0 Å². The highest BCUT2D eigenvalue weighted by atomic mass is 16.5. The maximum absolute atomic E-state index is 6.51. The summed E-state index contributed by atoms with van der Waals surface area (Å²) in [6.07, 6.45) is 4.98. The van der Waals surface area contributed by atoms with Crippen molar-refractivity contribution in [3.05, 3.63) is 83.9 Å². The molecular weight excluding hydrogens is 294 g/mol. The Morgan fingerprint density at radius 2 is 1.50 bits per heavy atom. The van der Waals surface area contributed by atoms with E-state index in [4.69, 9.17) is 4.74 Å². The van der Waals surface area contributed by atoms with Gasteiger partial charge in [-0.2, -0.15) is 0 Å². The minimum atomic E-state index is 0.230. The lowest BCUT2D eigenvalue weighted by Crippen LogP contribution is -2.54. The molecule has 2 nitrogen and oxygen atoms in total. The van der Waals surface area contributed by atoms with Gasteiger partial charge in [-0.1, -0.05) is 79.7 Å². The molecule has 2 bridgehead atoms. The van der Waals surface area contributed by atoms with Crippen LogP contribution in [0.5, 0.6) is 0 Å². The van der Waals surface area contributed by atoms with Gasteiger partial charge in [-0.15, -0.1) is 0 Å². The van der Waals surface area contributed by atoms with E-state index in [9.17, 15) is 0 Å². The standard InChI is InChI=1S/C22H25NO/c1-16-19-13-14-20(23(19)2)21(18-11-7-4-8-12-18)22(16)24-15-17-9-5-3-6-10-17/h3-14,16,19-22H,15H2,1-2H3/t16-,19+,20-,21+,22-/m1/s1. The zero-order valence-electron chi connectivity index (χ0n) is 14.4. The molecule has 0 saturated carbocycles. The summed E-state index contributed by atoms with van der Waals surface area (Å²) in [5, 5.41) is 0. The van der Waals surface area contributed by atoms with Crippen LogP contribution in [0.2, 0.25) is 0 Å². The summed E-state index contributed by atoms with van der Waals surface area (Å²) in [5.74, 6) is 0.851. The molecule has 24 heavy (non-hydrogen) atoms. The van der Waals surface area contributed by atoms with E-state index in [0.29, 0.717) is 30.5 Å². The molecule has 5 atom stereocenters. The fourth-order valence-electron chi connectivity index (χ4n) is 4.42. The van der Waals surface area contributed by atoms with E-state index in [1.54, 1.807) is 0 Å². The minimum Gasteiger partial charge on any atom is -0.372 e. The van der Waals surface area contributed by atoms with Crippen molar-refractivity contribution in [2.45, 2.75) is 37.6 Å². The second-order valence-corrected chi connectivity index (χ2v) is 7.09. The van der Waals surface area contributed by atoms with Gasteiger partial charge in [0.05, 0.1) is 12.7 Å². The highest BCUT2D eigenvalue weighted by molar-refractivity contribution is 5.31. The highest BCUT2D eigenvalue weighted by Gasteiger charge is 2.48. The minimum absolute atomic E-state index is 0.230. The molecule has 4 rings (SSSR count). The Labute approximate surface area is 144 Å². The van der Waals surface area contributed by atoms with E-state index in [1.807, 2.05) is 0 Å². The molecule has 124 valence electrons. The third-order valence-corrected chi connectivity index (χ3v) is 5.69. The van der Waals surface area contributed by atoms with Gasteiger partial charge in [-0.3, -0.25) is 4.90 Å². The third-order valence-electron chi connectivity index (χ3n) is 5.69. The summed E-state index contributed by atoms with van der Waals surface area (Å²) >= 11 is 0. The lowest BCUT2D eigenvalue weighted by molar-refractivity contribution is -0.0689. The first-order chi connectivity index (χ1) is 11.8. The van der Waals surface area contributed by atoms with E-state index in [-0.39, 0.29) is 6.10 Å². The number of rotatable bonds is 4. The van der Waals surface area contributed by atoms with Crippen LogP contribution in [0.1, 0.15) is 24.0 Å². The number of ether oxygens (including phenoxy) is 1. The zero-order chi connectivity index (χ0) is 16.5. The van der Waals surface area contributed by atoms with Gasteiger partial charge in [0.25, 0.3) is 0 Å². The van der Waals surface area contributed by atoms with Crippen molar-refractivity contribution in [3.63, 3.8) is 0 Å². The average molecular weight is 319 g/mol. The monoisotopic (exact) mass is 319 g/mol. The summed E-state index contributed by atoms with van der Waals surface area (Å²) in [6.45, 7) is 3.01. The van der Waals surface area contributed by atoms with Gasteiger partial charge < -0.3 is 4.74 Å². The van der Waals surface area contributed by atoms with E-state index >= 15 is 0 Å². The second-order valence-electron chi connectivity index (χ2n) is 7.09. The maximum Gasteiger partial charge on any atom is 0.0721 e. The quantitative estimate of drug-likeness (QED) is 0.781. The van der Waals surface area contributed by atoms with Crippen LogP contribution in [0.15, 0.2) is 72.8 Å². The molecule has 1 saturated heterocycles. The summed E-state index contributed by atoms with van der Waals surface area (Å²) in [6, 6.07) is 22.3. The van der Waals surface area contributed by atoms with Crippen molar-refractivity contribution in [1.29, 1.82) is 0 Å². The van der Waals surface area contributed by atoms with E-state index in [0.717, 1.165) is 0 Å². The van der Waals surface area contributed by atoms with Gasteiger partial charge in [0.2, 0.25) is 0 Å². The first-order valence-corrected chi connectivity index (χ1v) is 8.86. The summed E-state index contributed by atoms with van der Waals surface area (Å²) < 4.78 is 6.51. The van der Waals surface area contributed by atoms with Crippen LogP contribution in [0.3, 0.4) is 0 Å². The molecule has 0 aliphatic carbocycles. The lowest BCUT2D eigenvalue weighted by atomic mass is 9.76. The fourth-order valence-corrected chi connectivity index (χ4v) is 4.42. The Morgan fingerprint density at radius 1 is 0.875 bits per heavy atom. The number of nitrogens with zero attached hydrogens (tertiary/aromatic N) is 1.